The molecule has 3 aromatic rings. The zero-order valence-corrected chi connectivity index (χ0v) is 12.6. The molecule has 0 aliphatic rings. The van der Waals surface area contributed by atoms with Crippen LogP contribution >= 0.6 is 12.6 Å². The standard InChI is InChI=1S/C18H13N3S/c19-10-12-1-3-14(4-2-12)17-9-15(11-21-18(17)20)13-5-7-16(22)8-6-13/h1-9,11,22H,(H2,20,21). The molecule has 0 fully saturated rings. The number of rotatable bonds is 2. The highest BCUT2D eigenvalue weighted by molar-refractivity contribution is 7.80. The van der Waals surface area contributed by atoms with E-state index < -0.39 is 0 Å². The molecule has 2 aromatic carbocycles. The van der Waals surface area contributed by atoms with Gasteiger partial charge in [-0.25, -0.2) is 4.98 Å². The van der Waals surface area contributed by atoms with Crippen molar-refractivity contribution >= 4 is 18.4 Å². The average molecular weight is 303 g/mol. The van der Waals surface area contributed by atoms with Crippen molar-refractivity contribution in [3.8, 4) is 28.3 Å². The molecule has 0 unspecified atom stereocenters. The Labute approximate surface area is 134 Å². The summed E-state index contributed by atoms with van der Waals surface area (Å²) in [4.78, 5) is 5.21. The number of anilines is 1. The minimum atomic E-state index is 0.472. The van der Waals surface area contributed by atoms with Gasteiger partial charge in [0.1, 0.15) is 5.82 Å². The van der Waals surface area contributed by atoms with Gasteiger partial charge in [-0.15, -0.1) is 12.6 Å². The summed E-state index contributed by atoms with van der Waals surface area (Å²) in [5.74, 6) is 0.472. The van der Waals surface area contributed by atoms with Gasteiger partial charge >= 0.3 is 0 Å². The van der Waals surface area contributed by atoms with Crippen LogP contribution in [0.1, 0.15) is 5.56 Å². The summed E-state index contributed by atoms with van der Waals surface area (Å²) < 4.78 is 0. The lowest BCUT2D eigenvalue weighted by molar-refractivity contribution is 1.33. The van der Waals surface area contributed by atoms with E-state index in [0.717, 1.165) is 27.1 Å². The lowest BCUT2D eigenvalue weighted by Gasteiger charge is -2.09. The molecule has 0 atom stereocenters. The maximum Gasteiger partial charge on any atom is 0.131 e. The van der Waals surface area contributed by atoms with Crippen LogP contribution in [0.5, 0.6) is 0 Å². The third-order valence-electron chi connectivity index (χ3n) is 3.44. The van der Waals surface area contributed by atoms with Gasteiger partial charge in [0.05, 0.1) is 11.6 Å². The molecular formula is C18H13N3S. The SMILES string of the molecule is N#Cc1ccc(-c2cc(-c3ccc(S)cc3)cnc2N)cc1. The molecule has 0 amide bonds. The minimum Gasteiger partial charge on any atom is -0.383 e. The molecule has 0 aliphatic heterocycles. The van der Waals surface area contributed by atoms with Crippen LogP contribution in [-0.4, -0.2) is 4.98 Å². The molecule has 2 N–H and O–H groups in total. The van der Waals surface area contributed by atoms with Gasteiger partial charge in [-0.05, 0) is 41.5 Å². The van der Waals surface area contributed by atoms with Crippen molar-refractivity contribution in [3.63, 3.8) is 0 Å². The third kappa shape index (κ3) is 2.80. The number of benzene rings is 2. The Kier molecular flexibility index (Phi) is 3.82. The van der Waals surface area contributed by atoms with E-state index in [1.807, 2.05) is 42.5 Å². The minimum absolute atomic E-state index is 0.472. The van der Waals surface area contributed by atoms with Crippen molar-refractivity contribution in [1.29, 1.82) is 5.26 Å². The Hall–Kier alpha value is -2.77. The molecule has 3 nitrogen and oxygen atoms in total. The third-order valence-corrected chi connectivity index (χ3v) is 3.74. The summed E-state index contributed by atoms with van der Waals surface area (Å²) >= 11 is 4.29. The molecule has 106 valence electrons. The monoisotopic (exact) mass is 303 g/mol. The first kappa shape index (κ1) is 14.2. The van der Waals surface area contributed by atoms with Gasteiger partial charge < -0.3 is 5.73 Å². The first-order valence-corrected chi connectivity index (χ1v) is 7.17. The second-order valence-corrected chi connectivity index (χ2v) is 5.41. The van der Waals surface area contributed by atoms with Crippen molar-refractivity contribution in [1.82, 2.24) is 4.98 Å². The molecule has 0 aliphatic carbocycles. The number of nitriles is 1. The van der Waals surface area contributed by atoms with Crippen LogP contribution in [0.2, 0.25) is 0 Å². The topological polar surface area (TPSA) is 62.7 Å². The van der Waals surface area contributed by atoms with E-state index in [1.165, 1.54) is 0 Å². The molecule has 3 rings (SSSR count). The Morgan fingerprint density at radius 2 is 1.55 bits per heavy atom. The second-order valence-electron chi connectivity index (χ2n) is 4.89. The Morgan fingerprint density at radius 3 is 2.18 bits per heavy atom. The number of hydrogen-bond acceptors (Lipinski definition) is 4. The van der Waals surface area contributed by atoms with E-state index in [0.29, 0.717) is 11.4 Å². The second kappa shape index (κ2) is 5.92. The number of nitrogens with two attached hydrogens (primary N) is 1. The van der Waals surface area contributed by atoms with E-state index in [9.17, 15) is 0 Å². The zero-order chi connectivity index (χ0) is 15.5. The van der Waals surface area contributed by atoms with Crippen molar-refractivity contribution in [3.05, 3.63) is 66.4 Å². The molecule has 0 saturated heterocycles. The first-order chi connectivity index (χ1) is 10.7. The number of nitrogens with zero attached hydrogens (tertiary/aromatic N) is 2. The van der Waals surface area contributed by atoms with Crippen LogP contribution in [0.3, 0.4) is 0 Å². The number of pyridine rings is 1. The summed E-state index contributed by atoms with van der Waals surface area (Å²) in [5.41, 5.74) is 10.5. The number of nitrogen functional groups attached to an aromatic ring is 1. The van der Waals surface area contributed by atoms with Crippen LogP contribution in [0.15, 0.2) is 65.7 Å². The average Bonchev–Trinajstić information content (AvgIpc) is 2.56. The molecule has 0 spiro atoms. The van der Waals surface area contributed by atoms with Crippen molar-refractivity contribution in [2.45, 2.75) is 4.90 Å². The molecule has 22 heavy (non-hydrogen) atoms. The lowest BCUT2D eigenvalue weighted by atomic mass is 10.0. The quantitative estimate of drug-likeness (QED) is 0.699. The van der Waals surface area contributed by atoms with Crippen LogP contribution < -0.4 is 5.73 Å². The van der Waals surface area contributed by atoms with Crippen molar-refractivity contribution in [2.75, 3.05) is 5.73 Å². The Bertz CT molecular complexity index is 847. The fourth-order valence-corrected chi connectivity index (χ4v) is 2.39. The highest BCUT2D eigenvalue weighted by Crippen LogP contribution is 2.30. The smallest absolute Gasteiger partial charge is 0.131 e. The van der Waals surface area contributed by atoms with E-state index in [2.05, 4.69) is 23.7 Å². The van der Waals surface area contributed by atoms with Gasteiger partial charge in [-0.2, -0.15) is 5.26 Å². The summed E-state index contributed by atoms with van der Waals surface area (Å²) in [6, 6.07) is 19.3. The van der Waals surface area contributed by atoms with Gasteiger partial charge in [-0.3, -0.25) is 0 Å². The summed E-state index contributed by atoms with van der Waals surface area (Å²) in [7, 11) is 0. The predicted molar refractivity (Wildman–Crippen MR) is 91.5 cm³/mol. The van der Waals surface area contributed by atoms with Gasteiger partial charge in [-0.1, -0.05) is 24.3 Å². The lowest BCUT2D eigenvalue weighted by Crippen LogP contribution is -1.95. The van der Waals surface area contributed by atoms with Gasteiger partial charge in [0.2, 0.25) is 0 Å². The number of hydrogen-bond donors (Lipinski definition) is 2. The van der Waals surface area contributed by atoms with Crippen molar-refractivity contribution in [2.24, 2.45) is 0 Å². The molecule has 0 saturated carbocycles. The number of aromatic nitrogens is 1. The van der Waals surface area contributed by atoms with E-state index in [1.54, 1.807) is 18.3 Å². The van der Waals surface area contributed by atoms with Gasteiger partial charge in [0.25, 0.3) is 0 Å². The highest BCUT2D eigenvalue weighted by Gasteiger charge is 2.07. The Morgan fingerprint density at radius 1 is 0.909 bits per heavy atom. The summed E-state index contributed by atoms with van der Waals surface area (Å²) in [5, 5.41) is 8.88. The van der Waals surface area contributed by atoms with E-state index >= 15 is 0 Å². The molecule has 0 radical (unpaired) electrons. The van der Waals surface area contributed by atoms with Gasteiger partial charge in [0, 0.05) is 22.2 Å². The van der Waals surface area contributed by atoms with E-state index in [4.69, 9.17) is 11.0 Å². The molecule has 4 heteroatoms. The summed E-state index contributed by atoms with van der Waals surface area (Å²) in [6.07, 6.45) is 1.76. The van der Waals surface area contributed by atoms with Crippen LogP contribution in [0.4, 0.5) is 5.82 Å². The normalized spacial score (nSPS) is 10.2. The van der Waals surface area contributed by atoms with Crippen molar-refractivity contribution < 1.29 is 0 Å². The van der Waals surface area contributed by atoms with Crippen LogP contribution in [-0.2, 0) is 0 Å². The van der Waals surface area contributed by atoms with Crippen LogP contribution in [0, 0.1) is 11.3 Å². The number of thiol groups is 1. The molecule has 1 heterocycles. The fraction of sp³-hybridized carbons (Fsp3) is 0. The summed E-state index contributed by atoms with van der Waals surface area (Å²) in [6.45, 7) is 0. The van der Waals surface area contributed by atoms with Crippen LogP contribution in [0.25, 0.3) is 22.3 Å². The van der Waals surface area contributed by atoms with E-state index in [-0.39, 0.29) is 0 Å². The van der Waals surface area contributed by atoms with Gasteiger partial charge in [0.15, 0.2) is 0 Å². The molecular weight excluding hydrogens is 290 g/mol. The Balaban J connectivity index is 2.06. The highest BCUT2D eigenvalue weighted by atomic mass is 32.1. The fourth-order valence-electron chi connectivity index (χ4n) is 2.24. The zero-order valence-electron chi connectivity index (χ0n) is 11.7. The predicted octanol–water partition coefficient (Wildman–Crippen LogP) is 4.16. The molecule has 0 bridgehead atoms. The maximum atomic E-state index is 8.88. The first-order valence-electron chi connectivity index (χ1n) is 6.73. The largest absolute Gasteiger partial charge is 0.383 e. The molecule has 1 aromatic heterocycles. The maximum absolute atomic E-state index is 8.88.